The van der Waals surface area contributed by atoms with E-state index in [1.807, 2.05) is 0 Å². The number of amides is 1. The van der Waals surface area contributed by atoms with Crippen LogP contribution in [0.25, 0.3) is 10.9 Å². The molecular formula is C16H12N4O4. The SMILES string of the molecule is O=C(Cn1c(=O)ccc2cc([N+](=O)[O-])ccc21)Nc1ccccn1. The Balaban J connectivity index is 1.93. The second-order valence-electron chi connectivity index (χ2n) is 5.02. The largest absolute Gasteiger partial charge is 0.309 e. The van der Waals surface area contributed by atoms with Crippen molar-refractivity contribution >= 4 is 28.3 Å². The Labute approximate surface area is 135 Å². The number of hydrogen-bond donors (Lipinski definition) is 1. The molecule has 8 nitrogen and oxygen atoms in total. The van der Waals surface area contributed by atoms with Gasteiger partial charge in [0.25, 0.3) is 11.2 Å². The summed E-state index contributed by atoms with van der Waals surface area (Å²) in [6.45, 7) is -0.218. The van der Waals surface area contributed by atoms with Gasteiger partial charge in [-0.25, -0.2) is 4.98 Å². The third-order valence-electron chi connectivity index (χ3n) is 3.42. The number of benzene rings is 1. The molecule has 8 heteroatoms. The van der Waals surface area contributed by atoms with Crippen LogP contribution in [0.15, 0.2) is 59.5 Å². The van der Waals surface area contributed by atoms with Gasteiger partial charge in [0.15, 0.2) is 0 Å². The summed E-state index contributed by atoms with van der Waals surface area (Å²) in [6.07, 6.45) is 1.54. The van der Waals surface area contributed by atoms with E-state index in [1.165, 1.54) is 34.9 Å². The lowest BCUT2D eigenvalue weighted by Crippen LogP contribution is -2.27. The highest BCUT2D eigenvalue weighted by atomic mass is 16.6. The number of nitrogens with zero attached hydrogens (tertiary/aromatic N) is 3. The Morgan fingerprint density at radius 2 is 2.04 bits per heavy atom. The summed E-state index contributed by atoms with van der Waals surface area (Å²) < 4.78 is 1.26. The minimum absolute atomic E-state index is 0.0781. The number of nitro benzene ring substituents is 1. The fourth-order valence-corrected chi connectivity index (χ4v) is 2.33. The standard InChI is InChI=1S/C16H12N4O4/c21-15(18-14-3-1-2-8-17-14)10-19-13-6-5-12(20(23)24)9-11(13)4-7-16(19)22/h1-9H,10H2,(H,17,18,21). The van der Waals surface area contributed by atoms with Gasteiger partial charge < -0.3 is 5.32 Å². The first-order valence-electron chi connectivity index (χ1n) is 7.03. The normalized spacial score (nSPS) is 10.5. The van der Waals surface area contributed by atoms with Crippen LogP contribution in [0.3, 0.4) is 0 Å². The van der Waals surface area contributed by atoms with Crippen LogP contribution in [0, 0.1) is 10.1 Å². The van der Waals surface area contributed by atoms with Crippen molar-refractivity contribution in [3.8, 4) is 0 Å². The van der Waals surface area contributed by atoms with Gasteiger partial charge in [-0.1, -0.05) is 6.07 Å². The molecule has 2 heterocycles. The summed E-state index contributed by atoms with van der Waals surface area (Å²) >= 11 is 0. The molecule has 0 aliphatic rings. The van der Waals surface area contributed by atoms with Gasteiger partial charge in [0.1, 0.15) is 12.4 Å². The Hall–Kier alpha value is -3.55. The fraction of sp³-hybridized carbons (Fsp3) is 0.0625. The van der Waals surface area contributed by atoms with E-state index in [2.05, 4.69) is 10.3 Å². The highest BCUT2D eigenvalue weighted by molar-refractivity contribution is 5.91. The number of non-ortho nitro benzene ring substituents is 1. The summed E-state index contributed by atoms with van der Waals surface area (Å²) in [5.74, 6) is -0.0342. The van der Waals surface area contributed by atoms with Crippen LogP contribution in [0.2, 0.25) is 0 Å². The molecule has 1 aromatic carbocycles. The first kappa shape index (κ1) is 15.3. The topological polar surface area (TPSA) is 107 Å². The number of pyridine rings is 2. The minimum Gasteiger partial charge on any atom is -0.309 e. The molecule has 0 aliphatic heterocycles. The Morgan fingerprint density at radius 1 is 1.21 bits per heavy atom. The lowest BCUT2D eigenvalue weighted by Gasteiger charge is -2.10. The van der Waals surface area contributed by atoms with Crippen molar-refractivity contribution in [3.05, 3.63) is 75.2 Å². The van der Waals surface area contributed by atoms with Crippen molar-refractivity contribution in [2.45, 2.75) is 6.54 Å². The number of rotatable bonds is 4. The molecule has 0 spiro atoms. The van der Waals surface area contributed by atoms with Crippen LogP contribution in [0.5, 0.6) is 0 Å². The highest BCUT2D eigenvalue weighted by Gasteiger charge is 2.12. The van der Waals surface area contributed by atoms with Gasteiger partial charge in [0, 0.05) is 29.8 Å². The summed E-state index contributed by atoms with van der Waals surface area (Å²) in [7, 11) is 0. The average Bonchev–Trinajstić information content (AvgIpc) is 2.58. The summed E-state index contributed by atoms with van der Waals surface area (Å²) in [4.78, 5) is 38.5. The van der Waals surface area contributed by atoms with E-state index in [0.717, 1.165) is 0 Å². The summed E-state index contributed by atoms with van der Waals surface area (Å²) in [6, 6.07) is 12.0. The highest BCUT2D eigenvalue weighted by Crippen LogP contribution is 2.19. The maximum atomic E-state index is 12.1. The van der Waals surface area contributed by atoms with Gasteiger partial charge in [-0.15, -0.1) is 0 Å². The maximum absolute atomic E-state index is 12.1. The van der Waals surface area contributed by atoms with Gasteiger partial charge in [0.2, 0.25) is 5.91 Å². The molecule has 0 saturated heterocycles. The predicted octanol–water partition coefficient (Wildman–Crippen LogP) is 1.94. The van der Waals surface area contributed by atoms with Crippen LogP contribution in [0.1, 0.15) is 0 Å². The monoisotopic (exact) mass is 324 g/mol. The average molecular weight is 324 g/mol. The van der Waals surface area contributed by atoms with E-state index in [-0.39, 0.29) is 17.8 Å². The fourth-order valence-electron chi connectivity index (χ4n) is 2.33. The van der Waals surface area contributed by atoms with E-state index in [9.17, 15) is 19.7 Å². The first-order chi connectivity index (χ1) is 11.5. The Kier molecular flexibility index (Phi) is 4.02. The third-order valence-corrected chi connectivity index (χ3v) is 3.42. The molecule has 0 saturated carbocycles. The van der Waals surface area contributed by atoms with Crippen molar-refractivity contribution < 1.29 is 9.72 Å². The van der Waals surface area contributed by atoms with E-state index >= 15 is 0 Å². The molecule has 0 bridgehead atoms. The number of nitrogens with one attached hydrogen (secondary N) is 1. The number of nitro groups is 1. The van der Waals surface area contributed by atoms with E-state index in [0.29, 0.717) is 16.7 Å². The zero-order valence-electron chi connectivity index (χ0n) is 12.4. The van der Waals surface area contributed by atoms with Crippen molar-refractivity contribution in [1.82, 2.24) is 9.55 Å². The molecule has 0 aliphatic carbocycles. The van der Waals surface area contributed by atoms with Gasteiger partial charge in [-0.3, -0.25) is 24.3 Å². The van der Waals surface area contributed by atoms with Gasteiger partial charge in [0.05, 0.1) is 10.4 Å². The molecule has 120 valence electrons. The van der Waals surface area contributed by atoms with Crippen LogP contribution in [-0.2, 0) is 11.3 Å². The second kappa shape index (κ2) is 6.29. The van der Waals surface area contributed by atoms with E-state index in [1.54, 1.807) is 24.4 Å². The van der Waals surface area contributed by atoms with Crippen LogP contribution in [0.4, 0.5) is 11.5 Å². The number of hydrogen-bond acceptors (Lipinski definition) is 5. The number of anilines is 1. The second-order valence-corrected chi connectivity index (χ2v) is 5.02. The molecule has 3 rings (SSSR count). The first-order valence-corrected chi connectivity index (χ1v) is 7.03. The molecule has 2 aromatic heterocycles. The van der Waals surface area contributed by atoms with Crippen molar-refractivity contribution in [1.29, 1.82) is 0 Å². The molecule has 0 fully saturated rings. The molecule has 1 N–H and O–H groups in total. The van der Waals surface area contributed by atoms with Crippen LogP contribution in [-0.4, -0.2) is 20.4 Å². The molecule has 24 heavy (non-hydrogen) atoms. The zero-order valence-corrected chi connectivity index (χ0v) is 12.4. The van der Waals surface area contributed by atoms with Gasteiger partial charge >= 0.3 is 0 Å². The third kappa shape index (κ3) is 3.12. The Bertz CT molecular complexity index is 982. The smallest absolute Gasteiger partial charge is 0.270 e. The molecule has 0 unspecified atom stereocenters. The number of aromatic nitrogens is 2. The van der Waals surface area contributed by atoms with Crippen molar-refractivity contribution in [2.24, 2.45) is 0 Å². The van der Waals surface area contributed by atoms with Gasteiger partial charge in [-0.05, 0) is 24.3 Å². The van der Waals surface area contributed by atoms with Crippen molar-refractivity contribution in [3.63, 3.8) is 0 Å². The van der Waals surface area contributed by atoms with Crippen LogP contribution < -0.4 is 10.9 Å². The molecular weight excluding hydrogens is 312 g/mol. The van der Waals surface area contributed by atoms with Crippen LogP contribution >= 0.6 is 0 Å². The van der Waals surface area contributed by atoms with E-state index < -0.39 is 10.8 Å². The summed E-state index contributed by atoms with van der Waals surface area (Å²) in [5, 5.41) is 13.9. The maximum Gasteiger partial charge on any atom is 0.270 e. The molecule has 1 amide bonds. The minimum atomic E-state index is -0.511. The molecule has 0 atom stereocenters. The van der Waals surface area contributed by atoms with E-state index in [4.69, 9.17) is 0 Å². The summed E-state index contributed by atoms with van der Waals surface area (Å²) in [5.41, 5.74) is 0.00225. The zero-order chi connectivity index (χ0) is 17.1. The number of carbonyl (C=O) groups is 1. The molecule has 0 radical (unpaired) electrons. The lowest BCUT2D eigenvalue weighted by molar-refractivity contribution is -0.384. The quantitative estimate of drug-likeness (QED) is 0.583. The Morgan fingerprint density at radius 3 is 2.75 bits per heavy atom. The predicted molar refractivity (Wildman–Crippen MR) is 87.7 cm³/mol. The molecule has 3 aromatic rings. The van der Waals surface area contributed by atoms with Crippen molar-refractivity contribution in [2.75, 3.05) is 5.32 Å². The van der Waals surface area contributed by atoms with Gasteiger partial charge in [-0.2, -0.15) is 0 Å². The number of fused-ring (bicyclic) bond motifs is 1. The lowest BCUT2D eigenvalue weighted by atomic mass is 10.2. The number of carbonyl (C=O) groups excluding carboxylic acids is 1.